The first-order valence-electron chi connectivity index (χ1n) is 4.96. The lowest BCUT2D eigenvalue weighted by Gasteiger charge is -2.06. The van der Waals surface area contributed by atoms with Crippen LogP contribution < -0.4 is 4.72 Å². The number of hydrogen-bond donors (Lipinski definition) is 3. The van der Waals surface area contributed by atoms with E-state index < -0.39 is 26.4 Å². The molecule has 0 saturated heterocycles. The van der Waals surface area contributed by atoms with Crippen molar-refractivity contribution in [1.82, 2.24) is 4.72 Å². The molecule has 0 amide bonds. The molecule has 0 unspecified atom stereocenters. The van der Waals surface area contributed by atoms with E-state index >= 15 is 0 Å². The number of phenols is 1. The molecule has 0 aliphatic carbocycles. The van der Waals surface area contributed by atoms with Gasteiger partial charge in [0.25, 0.3) is 0 Å². The highest BCUT2D eigenvalue weighted by Gasteiger charge is 2.20. The fourth-order valence-electron chi connectivity index (χ4n) is 1.19. The van der Waals surface area contributed by atoms with Crippen molar-refractivity contribution in [2.75, 3.05) is 13.2 Å². The van der Waals surface area contributed by atoms with Gasteiger partial charge in [-0.25, -0.2) is 13.1 Å². The lowest BCUT2D eigenvalue weighted by Crippen LogP contribution is -2.25. The number of nitro benzene ring substituents is 1. The number of benzene rings is 1. The average molecular weight is 276 g/mol. The van der Waals surface area contributed by atoms with Gasteiger partial charge in [-0.1, -0.05) is 0 Å². The zero-order valence-corrected chi connectivity index (χ0v) is 10.1. The van der Waals surface area contributed by atoms with Crippen LogP contribution in [-0.2, 0) is 10.0 Å². The molecule has 0 radical (unpaired) electrons. The summed E-state index contributed by atoms with van der Waals surface area (Å²) in [6.07, 6.45) is 0.236. The van der Waals surface area contributed by atoms with Crippen LogP contribution in [0, 0.1) is 10.1 Å². The average Bonchev–Trinajstić information content (AvgIpc) is 2.29. The van der Waals surface area contributed by atoms with E-state index in [0.29, 0.717) is 0 Å². The maximum Gasteiger partial charge on any atom is 0.312 e. The molecule has 18 heavy (non-hydrogen) atoms. The molecule has 100 valence electrons. The standard InChI is InChI=1S/C9H12N2O6S/c12-5-1-4-10-18(16,17)7-2-3-9(13)8(6-7)11(14)15/h2-3,6,10,12-13H,1,4-5H2. The van der Waals surface area contributed by atoms with E-state index in [9.17, 15) is 23.6 Å². The van der Waals surface area contributed by atoms with Gasteiger partial charge < -0.3 is 10.2 Å². The third kappa shape index (κ3) is 3.39. The number of nitrogens with one attached hydrogen (secondary N) is 1. The van der Waals surface area contributed by atoms with Crippen molar-refractivity contribution in [3.63, 3.8) is 0 Å². The summed E-state index contributed by atoms with van der Waals surface area (Å²) in [4.78, 5) is 9.37. The largest absolute Gasteiger partial charge is 0.502 e. The third-order valence-corrected chi connectivity index (χ3v) is 3.54. The van der Waals surface area contributed by atoms with Crippen LogP contribution in [0.15, 0.2) is 23.1 Å². The van der Waals surface area contributed by atoms with E-state index in [1.165, 1.54) is 0 Å². The van der Waals surface area contributed by atoms with E-state index in [0.717, 1.165) is 18.2 Å². The number of nitro groups is 1. The lowest BCUT2D eigenvalue weighted by molar-refractivity contribution is -0.386. The van der Waals surface area contributed by atoms with Crippen molar-refractivity contribution in [3.05, 3.63) is 28.3 Å². The molecule has 0 saturated carbocycles. The number of aromatic hydroxyl groups is 1. The number of nitrogens with zero attached hydrogens (tertiary/aromatic N) is 1. The van der Waals surface area contributed by atoms with Crippen LogP contribution in [0.1, 0.15) is 6.42 Å². The second-order valence-electron chi connectivity index (χ2n) is 3.38. The molecule has 0 spiro atoms. The molecule has 0 heterocycles. The van der Waals surface area contributed by atoms with Crippen LogP contribution in [0.5, 0.6) is 5.75 Å². The minimum Gasteiger partial charge on any atom is -0.502 e. The van der Waals surface area contributed by atoms with Gasteiger partial charge in [0.1, 0.15) is 0 Å². The Labute approximate surface area is 103 Å². The third-order valence-electron chi connectivity index (χ3n) is 2.08. The molecular weight excluding hydrogens is 264 g/mol. The zero-order valence-electron chi connectivity index (χ0n) is 9.24. The molecule has 0 aliphatic rings. The Bertz CT molecular complexity index is 542. The van der Waals surface area contributed by atoms with Gasteiger partial charge in [0, 0.05) is 19.2 Å². The molecule has 0 aliphatic heterocycles. The summed E-state index contributed by atoms with van der Waals surface area (Å²) in [5, 5.41) is 28.3. The monoisotopic (exact) mass is 276 g/mol. The molecule has 8 nitrogen and oxygen atoms in total. The van der Waals surface area contributed by atoms with Gasteiger partial charge in [-0.05, 0) is 18.6 Å². The zero-order chi connectivity index (χ0) is 13.8. The number of aliphatic hydroxyl groups is 1. The highest BCUT2D eigenvalue weighted by molar-refractivity contribution is 7.89. The SMILES string of the molecule is O=[N+]([O-])c1cc(S(=O)(=O)NCCCO)ccc1O. The molecule has 9 heteroatoms. The Morgan fingerprint density at radius 3 is 2.61 bits per heavy atom. The minimum atomic E-state index is -3.88. The highest BCUT2D eigenvalue weighted by Crippen LogP contribution is 2.27. The number of phenolic OH excluding ortho intramolecular Hbond substituents is 1. The van der Waals surface area contributed by atoms with Gasteiger partial charge in [0.05, 0.1) is 9.82 Å². The Kier molecular flexibility index (Phi) is 4.59. The maximum absolute atomic E-state index is 11.7. The Hall–Kier alpha value is -1.71. The van der Waals surface area contributed by atoms with Crippen LogP contribution in [0.2, 0.25) is 0 Å². The van der Waals surface area contributed by atoms with Gasteiger partial charge in [0.2, 0.25) is 10.0 Å². The summed E-state index contributed by atoms with van der Waals surface area (Å²) >= 11 is 0. The number of sulfonamides is 1. The van der Waals surface area contributed by atoms with Crippen molar-refractivity contribution in [2.24, 2.45) is 0 Å². The topological polar surface area (TPSA) is 130 Å². The number of hydrogen-bond acceptors (Lipinski definition) is 6. The van der Waals surface area contributed by atoms with Crippen LogP contribution in [0.25, 0.3) is 0 Å². The van der Waals surface area contributed by atoms with Gasteiger partial charge in [-0.3, -0.25) is 10.1 Å². The first kappa shape index (κ1) is 14.4. The summed E-state index contributed by atoms with van der Waals surface area (Å²) < 4.78 is 25.6. The summed E-state index contributed by atoms with van der Waals surface area (Å²) in [6.45, 7) is -0.147. The number of rotatable bonds is 6. The number of aliphatic hydroxyl groups excluding tert-OH is 1. The smallest absolute Gasteiger partial charge is 0.312 e. The van der Waals surface area contributed by atoms with Gasteiger partial charge in [-0.2, -0.15) is 0 Å². The fraction of sp³-hybridized carbons (Fsp3) is 0.333. The Morgan fingerprint density at radius 1 is 1.39 bits per heavy atom. The van der Waals surface area contributed by atoms with E-state index in [-0.39, 0.29) is 24.5 Å². The van der Waals surface area contributed by atoms with Crippen molar-refractivity contribution in [3.8, 4) is 5.75 Å². The van der Waals surface area contributed by atoms with Gasteiger partial charge in [0.15, 0.2) is 5.75 Å². The molecule has 1 rings (SSSR count). The first-order chi connectivity index (χ1) is 8.38. The first-order valence-corrected chi connectivity index (χ1v) is 6.44. The van der Waals surface area contributed by atoms with Crippen LogP contribution >= 0.6 is 0 Å². The molecular formula is C9H12N2O6S. The minimum absolute atomic E-state index is 0.0213. The summed E-state index contributed by atoms with van der Waals surface area (Å²) in [6, 6.07) is 2.78. The fourth-order valence-corrected chi connectivity index (χ4v) is 2.28. The van der Waals surface area contributed by atoms with Crippen molar-refractivity contribution in [2.45, 2.75) is 11.3 Å². The molecule has 0 fully saturated rings. The highest BCUT2D eigenvalue weighted by atomic mass is 32.2. The Balaban J connectivity index is 3.02. The molecule has 3 N–H and O–H groups in total. The molecule has 0 aromatic heterocycles. The summed E-state index contributed by atoms with van der Waals surface area (Å²) in [7, 11) is -3.88. The summed E-state index contributed by atoms with van der Waals surface area (Å²) in [5.41, 5.74) is -0.681. The normalized spacial score (nSPS) is 11.4. The van der Waals surface area contributed by atoms with Gasteiger partial charge in [-0.15, -0.1) is 0 Å². The molecule has 1 aromatic carbocycles. The van der Waals surface area contributed by atoms with Gasteiger partial charge >= 0.3 is 5.69 Å². The maximum atomic E-state index is 11.7. The van der Waals surface area contributed by atoms with E-state index in [1.54, 1.807) is 0 Å². The van der Waals surface area contributed by atoms with Crippen LogP contribution in [0.3, 0.4) is 0 Å². The predicted octanol–water partition coefficient (Wildman–Crippen LogP) is -0.0389. The predicted molar refractivity (Wildman–Crippen MR) is 61.7 cm³/mol. The van der Waals surface area contributed by atoms with Crippen LogP contribution in [0.4, 0.5) is 5.69 Å². The second kappa shape index (κ2) is 5.76. The van der Waals surface area contributed by atoms with E-state index in [1.807, 2.05) is 0 Å². The lowest BCUT2D eigenvalue weighted by atomic mass is 10.3. The van der Waals surface area contributed by atoms with E-state index in [2.05, 4.69) is 4.72 Å². The molecule has 0 atom stereocenters. The van der Waals surface area contributed by atoms with E-state index in [4.69, 9.17) is 5.11 Å². The molecule has 1 aromatic rings. The van der Waals surface area contributed by atoms with Crippen molar-refractivity contribution < 1.29 is 23.6 Å². The second-order valence-corrected chi connectivity index (χ2v) is 5.15. The van der Waals surface area contributed by atoms with Crippen molar-refractivity contribution in [1.29, 1.82) is 0 Å². The Morgan fingerprint density at radius 2 is 2.06 bits per heavy atom. The van der Waals surface area contributed by atoms with Crippen molar-refractivity contribution >= 4 is 15.7 Å². The van der Waals surface area contributed by atoms with Crippen LogP contribution in [-0.4, -0.2) is 36.7 Å². The summed E-state index contributed by atoms with van der Waals surface area (Å²) in [5.74, 6) is -0.602. The quantitative estimate of drug-likeness (QED) is 0.380. The molecule has 0 bridgehead atoms.